The van der Waals surface area contributed by atoms with Gasteiger partial charge in [-0.25, -0.2) is 4.99 Å². The van der Waals surface area contributed by atoms with Crippen molar-refractivity contribution in [2.45, 2.75) is 33.4 Å². The fourth-order valence-electron chi connectivity index (χ4n) is 1.88. The molecular weight excluding hydrogens is 252 g/mol. The molecule has 0 saturated carbocycles. The number of benzene rings is 1. The molecule has 2 rings (SSSR count). The Bertz CT molecular complexity index is 587. The van der Waals surface area contributed by atoms with Crippen molar-refractivity contribution in [3.8, 4) is 0 Å². The van der Waals surface area contributed by atoms with Gasteiger partial charge < -0.3 is 15.6 Å². The van der Waals surface area contributed by atoms with Gasteiger partial charge in [0.05, 0.1) is 0 Å². The number of rotatable bonds is 5. The molecule has 1 aromatic carbocycles. The minimum absolute atomic E-state index is 0.379. The van der Waals surface area contributed by atoms with Crippen LogP contribution in [0, 0.1) is 0 Å². The quantitative estimate of drug-likeness (QED) is 0.642. The van der Waals surface area contributed by atoms with E-state index in [0.29, 0.717) is 12.5 Å². The molecule has 6 heteroatoms. The predicted octanol–water partition coefficient (Wildman–Crippen LogP) is 1.79. The molecule has 0 aliphatic heterocycles. The molecule has 2 aromatic rings. The summed E-state index contributed by atoms with van der Waals surface area (Å²) in [4.78, 5) is 4.29. The number of guanidine groups is 1. The van der Waals surface area contributed by atoms with Crippen LogP contribution in [0.25, 0.3) is 0 Å². The molecule has 0 bridgehead atoms. The Morgan fingerprint density at radius 3 is 3.00 bits per heavy atom. The second-order valence-electron chi connectivity index (χ2n) is 4.41. The van der Waals surface area contributed by atoms with Gasteiger partial charge in [-0.2, -0.15) is 0 Å². The van der Waals surface area contributed by atoms with Crippen LogP contribution in [0.4, 0.5) is 5.69 Å². The highest BCUT2D eigenvalue weighted by Gasteiger charge is 2.02. The molecule has 0 saturated heterocycles. The molecule has 1 aromatic heterocycles. The third-order valence-corrected chi connectivity index (χ3v) is 3.03. The molecule has 6 nitrogen and oxygen atoms in total. The summed E-state index contributed by atoms with van der Waals surface area (Å²) in [5.41, 5.74) is 8.09. The van der Waals surface area contributed by atoms with E-state index in [9.17, 15) is 0 Å². The van der Waals surface area contributed by atoms with Gasteiger partial charge in [0.1, 0.15) is 12.9 Å². The molecule has 0 fully saturated rings. The van der Waals surface area contributed by atoms with Crippen molar-refractivity contribution in [2.24, 2.45) is 10.7 Å². The lowest BCUT2D eigenvalue weighted by Crippen LogP contribution is -2.23. The number of nitrogens with zero attached hydrogens (tertiary/aromatic N) is 4. The van der Waals surface area contributed by atoms with E-state index in [4.69, 9.17) is 5.73 Å². The van der Waals surface area contributed by atoms with Crippen LogP contribution in [0.3, 0.4) is 0 Å². The van der Waals surface area contributed by atoms with Crippen molar-refractivity contribution in [3.63, 3.8) is 0 Å². The number of anilines is 1. The van der Waals surface area contributed by atoms with Crippen LogP contribution in [0.2, 0.25) is 0 Å². The first-order valence-electron chi connectivity index (χ1n) is 6.75. The van der Waals surface area contributed by atoms with Crippen LogP contribution in [0.15, 0.2) is 35.6 Å². The lowest BCUT2D eigenvalue weighted by Gasteiger charge is -2.07. The van der Waals surface area contributed by atoms with E-state index in [2.05, 4.69) is 39.6 Å². The first-order valence-corrected chi connectivity index (χ1v) is 6.75. The van der Waals surface area contributed by atoms with Crippen molar-refractivity contribution < 1.29 is 0 Å². The largest absolute Gasteiger partial charge is 0.370 e. The summed E-state index contributed by atoms with van der Waals surface area (Å²) in [6.07, 6.45) is 2.69. The number of aliphatic imine (C=N–C) groups is 1. The standard InChI is InChI=1S/C14H20N6/c1-3-11-6-5-7-12(8-11)18-14(15)16-9-13-19-17-10-20(13)4-2/h5-8,10H,3-4,9H2,1-2H3,(H3,15,16,18). The van der Waals surface area contributed by atoms with E-state index < -0.39 is 0 Å². The molecule has 0 amide bonds. The first-order chi connectivity index (χ1) is 9.72. The summed E-state index contributed by atoms with van der Waals surface area (Å²) in [7, 11) is 0. The van der Waals surface area contributed by atoms with Crippen molar-refractivity contribution >= 4 is 11.6 Å². The third-order valence-electron chi connectivity index (χ3n) is 3.03. The van der Waals surface area contributed by atoms with Crippen LogP contribution < -0.4 is 11.1 Å². The number of aromatic nitrogens is 3. The van der Waals surface area contributed by atoms with Crippen molar-refractivity contribution in [3.05, 3.63) is 42.0 Å². The molecule has 20 heavy (non-hydrogen) atoms. The zero-order valence-electron chi connectivity index (χ0n) is 11.9. The van der Waals surface area contributed by atoms with Gasteiger partial charge in [-0.3, -0.25) is 0 Å². The van der Waals surface area contributed by atoms with Gasteiger partial charge in [-0.15, -0.1) is 10.2 Å². The van der Waals surface area contributed by atoms with Gasteiger partial charge in [0, 0.05) is 12.2 Å². The monoisotopic (exact) mass is 272 g/mol. The zero-order valence-corrected chi connectivity index (χ0v) is 11.9. The Morgan fingerprint density at radius 2 is 2.25 bits per heavy atom. The van der Waals surface area contributed by atoms with Gasteiger partial charge in [0.15, 0.2) is 11.8 Å². The van der Waals surface area contributed by atoms with E-state index in [0.717, 1.165) is 24.5 Å². The van der Waals surface area contributed by atoms with E-state index >= 15 is 0 Å². The molecule has 0 atom stereocenters. The average Bonchev–Trinajstić information content (AvgIpc) is 2.93. The Morgan fingerprint density at radius 1 is 1.40 bits per heavy atom. The molecule has 0 aliphatic rings. The number of hydrogen-bond donors (Lipinski definition) is 2. The minimum Gasteiger partial charge on any atom is -0.370 e. The van der Waals surface area contributed by atoms with Gasteiger partial charge in [0.25, 0.3) is 0 Å². The highest BCUT2D eigenvalue weighted by Crippen LogP contribution is 2.10. The molecule has 3 N–H and O–H groups in total. The maximum absolute atomic E-state index is 5.89. The zero-order chi connectivity index (χ0) is 14.4. The van der Waals surface area contributed by atoms with Crippen LogP contribution >= 0.6 is 0 Å². The lowest BCUT2D eigenvalue weighted by molar-refractivity contribution is 0.699. The van der Waals surface area contributed by atoms with Gasteiger partial charge in [0.2, 0.25) is 0 Å². The maximum Gasteiger partial charge on any atom is 0.193 e. The van der Waals surface area contributed by atoms with Gasteiger partial charge in [-0.1, -0.05) is 19.1 Å². The molecule has 1 heterocycles. The van der Waals surface area contributed by atoms with Crippen molar-refractivity contribution in [1.29, 1.82) is 0 Å². The van der Waals surface area contributed by atoms with E-state index in [1.807, 2.05) is 23.6 Å². The number of nitrogens with one attached hydrogen (secondary N) is 1. The lowest BCUT2D eigenvalue weighted by atomic mass is 10.1. The molecule has 0 unspecified atom stereocenters. The molecule has 0 radical (unpaired) electrons. The van der Waals surface area contributed by atoms with E-state index in [1.165, 1.54) is 5.56 Å². The molecule has 0 spiro atoms. The second kappa shape index (κ2) is 6.70. The normalized spacial score (nSPS) is 11.6. The van der Waals surface area contributed by atoms with Gasteiger partial charge in [-0.05, 0) is 31.0 Å². The van der Waals surface area contributed by atoms with Gasteiger partial charge >= 0.3 is 0 Å². The summed E-state index contributed by atoms with van der Waals surface area (Å²) in [6.45, 7) is 5.40. The smallest absolute Gasteiger partial charge is 0.193 e. The Labute approximate surface area is 118 Å². The SMILES string of the molecule is CCc1cccc(NC(N)=NCc2nncn2CC)c1. The Hall–Kier alpha value is -2.37. The van der Waals surface area contributed by atoms with E-state index in [1.54, 1.807) is 6.33 Å². The average molecular weight is 272 g/mol. The number of aryl methyl sites for hydroxylation is 2. The van der Waals surface area contributed by atoms with Crippen LogP contribution in [0.5, 0.6) is 0 Å². The summed E-state index contributed by atoms with van der Waals surface area (Å²) in [5, 5.41) is 11.0. The molecule has 106 valence electrons. The summed E-state index contributed by atoms with van der Waals surface area (Å²) in [6, 6.07) is 8.12. The minimum atomic E-state index is 0.379. The van der Waals surface area contributed by atoms with Crippen LogP contribution in [0.1, 0.15) is 25.2 Å². The van der Waals surface area contributed by atoms with Crippen molar-refractivity contribution in [1.82, 2.24) is 14.8 Å². The maximum atomic E-state index is 5.89. The van der Waals surface area contributed by atoms with E-state index in [-0.39, 0.29) is 0 Å². The fraction of sp³-hybridized carbons (Fsp3) is 0.357. The first kappa shape index (κ1) is 14.0. The molecular formula is C14H20N6. The highest BCUT2D eigenvalue weighted by atomic mass is 15.3. The summed E-state index contributed by atoms with van der Waals surface area (Å²) < 4.78 is 1.94. The van der Waals surface area contributed by atoms with Crippen LogP contribution in [-0.4, -0.2) is 20.7 Å². The Balaban J connectivity index is 2.00. The molecule has 0 aliphatic carbocycles. The summed E-state index contributed by atoms with van der Waals surface area (Å²) >= 11 is 0. The fourth-order valence-corrected chi connectivity index (χ4v) is 1.88. The third kappa shape index (κ3) is 3.57. The topological polar surface area (TPSA) is 81.1 Å². The van der Waals surface area contributed by atoms with Crippen LogP contribution in [-0.2, 0) is 19.5 Å². The van der Waals surface area contributed by atoms with Crippen molar-refractivity contribution in [2.75, 3.05) is 5.32 Å². The highest BCUT2D eigenvalue weighted by molar-refractivity contribution is 5.92. The predicted molar refractivity (Wildman–Crippen MR) is 80.5 cm³/mol. The second-order valence-corrected chi connectivity index (χ2v) is 4.41. The number of hydrogen-bond acceptors (Lipinski definition) is 3. The Kier molecular flexibility index (Phi) is 4.70. The summed E-state index contributed by atoms with van der Waals surface area (Å²) in [5.74, 6) is 1.18. The number of nitrogens with two attached hydrogens (primary N) is 1.